The molecule has 0 bridgehead atoms. The zero-order valence-corrected chi connectivity index (χ0v) is 23.4. The van der Waals surface area contributed by atoms with Crippen LogP contribution in [0.4, 0.5) is 5.82 Å². The fourth-order valence-electron chi connectivity index (χ4n) is 5.16. The summed E-state index contributed by atoms with van der Waals surface area (Å²) in [5.74, 6) is 2.92. The number of methoxy groups -OCH3 is 2. The lowest BCUT2D eigenvalue weighted by Gasteiger charge is -2.30. The highest BCUT2D eigenvalue weighted by atomic mass is 35.5. The number of nitrogens with zero attached hydrogens (tertiary/aromatic N) is 3. The fourth-order valence-corrected chi connectivity index (χ4v) is 6.18. The highest BCUT2D eigenvalue weighted by Crippen LogP contribution is 2.35. The standard InChI is InChI=1S/C29H33ClN4O3S/c1-36-24-14-20-11-12-34(17-22(20)15-25(24)37-2)27-16-26(30)32-29(33-27)38-18-19-7-6-8-21(13-19)28(35)31-23-9-4-3-5-10-23/h6-8,13-16,23H,3-5,9-12,17-18H2,1-2H3,(H,31,35). The Morgan fingerprint density at radius 1 is 1.05 bits per heavy atom. The number of halogens is 1. The molecular formula is C29H33ClN4O3S. The summed E-state index contributed by atoms with van der Waals surface area (Å²) in [6, 6.07) is 14.0. The third kappa shape index (κ3) is 6.35. The van der Waals surface area contributed by atoms with Crippen LogP contribution in [0.3, 0.4) is 0 Å². The summed E-state index contributed by atoms with van der Waals surface area (Å²) in [7, 11) is 3.31. The molecule has 38 heavy (non-hydrogen) atoms. The number of ether oxygens (including phenoxy) is 2. The molecule has 1 N–H and O–H groups in total. The van der Waals surface area contributed by atoms with Gasteiger partial charge in [0.05, 0.1) is 14.2 Å². The molecular weight excluding hydrogens is 520 g/mol. The summed E-state index contributed by atoms with van der Waals surface area (Å²) in [5.41, 5.74) is 4.17. The first-order chi connectivity index (χ1) is 18.5. The van der Waals surface area contributed by atoms with Gasteiger partial charge in [0.25, 0.3) is 5.91 Å². The molecule has 9 heteroatoms. The van der Waals surface area contributed by atoms with E-state index in [0.29, 0.717) is 28.2 Å². The minimum absolute atomic E-state index is 0.00433. The number of hydrogen-bond acceptors (Lipinski definition) is 7. The number of thioether (sulfide) groups is 1. The van der Waals surface area contributed by atoms with Gasteiger partial charge in [-0.15, -0.1) is 0 Å². The van der Waals surface area contributed by atoms with Crippen molar-refractivity contribution in [3.8, 4) is 11.5 Å². The highest BCUT2D eigenvalue weighted by molar-refractivity contribution is 7.98. The number of carbonyl (C=O) groups excluding carboxylic acids is 1. The molecule has 2 heterocycles. The molecule has 5 rings (SSSR count). The van der Waals surface area contributed by atoms with Crippen molar-refractivity contribution in [3.63, 3.8) is 0 Å². The number of benzene rings is 2. The molecule has 1 aliphatic heterocycles. The van der Waals surface area contributed by atoms with Crippen molar-refractivity contribution >= 4 is 35.1 Å². The number of fused-ring (bicyclic) bond motifs is 1. The van der Waals surface area contributed by atoms with Crippen LogP contribution in [-0.2, 0) is 18.7 Å². The number of aromatic nitrogens is 2. The average Bonchev–Trinajstić information content (AvgIpc) is 2.95. The van der Waals surface area contributed by atoms with E-state index in [9.17, 15) is 4.79 Å². The third-order valence-electron chi connectivity index (χ3n) is 7.20. The maximum absolute atomic E-state index is 12.8. The largest absolute Gasteiger partial charge is 0.493 e. The normalized spacial score (nSPS) is 15.6. The van der Waals surface area contributed by atoms with Crippen molar-refractivity contribution in [2.45, 2.75) is 62.0 Å². The summed E-state index contributed by atoms with van der Waals surface area (Å²) in [6.07, 6.45) is 6.66. The maximum Gasteiger partial charge on any atom is 0.251 e. The van der Waals surface area contributed by atoms with E-state index < -0.39 is 0 Å². The van der Waals surface area contributed by atoms with Crippen LogP contribution in [-0.4, -0.2) is 42.7 Å². The van der Waals surface area contributed by atoms with Crippen LogP contribution in [0.25, 0.3) is 0 Å². The predicted octanol–water partition coefficient (Wildman–Crippen LogP) is 6.06. The van der Waals surface area contributed by atoms with Crippen LogP contribution in [0.15, 0.2) is 47.6 Å². The van der Waals surface area contributed by atoms with E-state index in [1.54, 1.807) is 14.2 Å². The summed E-state index contributed by atoms with van der Waals surface area (Å²) < 4.78 is 11.0. The number of carbonyl (C=O) groups is 1. The molecule has 7 nitrogen and oxygen atoms in total. The number of hydrogen-bond donors (Lipinski definition) is 1. The Balaban J connectivity index is 1.25. The van der Waals surface area contributed by atoms with Gasteiger partial charge < -0.3 is 19.7 Å². The Labute approximate surface area is 233 Å². The molecule has 2 aliphatic rings. The van der Waals surface area contributed by atoms with Crippen molar-refractivity contribution in [2.75, 3.05) is 25.7 Å². The molecule has 1 aromatic heterocycles. The van der Waals surface area contributed by atoms with E-state index in [4.69, 9.17) is 26.1 Å². The predicted molar refractivity (Wildman–Crippen MR) is 152 cm³/mol. The van der Waals surface area contributed by atoms with Gasteiger partial charge in [-0.3, -0.25) is 4.79 Å². The van der Waals surface area contributed by atoms with Crippen LogP contribution >= 0.6 is 23.4 Å². The molecule has 0 spiro atoms. The van der Waals surface area contributed by atoms with E-state index in [-0.39, 0.29) is 11.9 Å². The van der Waals surface area contributed by atoms with Gasteiger partial charge in [0, 0.05) is 36.5 Å². The Hall–Kier alpha value is -2.97. The van der Waals surface area contributed by atoms with Gasteiger partial charge in [0.2, 0.25) is 0 Å². The van der Waals surface area contributed by atoms with E-state index in [1.807, 2.05) is 36.4 Å². The summed E-state index contributed by atoms with van der Waals surface area (Å²) in [6.45, 7) is 1.52. The molecule has 1 amide bonds. The topological polar surface area (TPSA) is 76.6 Å². The first-order valence-electron chi connectivity index (χ1n) is 13.1. The zero-order valence-electron chi connectivity index (χ0n) is 21.8. The van der Waals surface area contributed by atoms with Crippen molar-refractivity contribution in [1.82, 2.24) is 15.3 Å². The molecule has 2 aromatic carbocycles. The lowest BCUT2D eigenvalue weighted by molar-refractivity contribution is 0.0927. The maximum atomic E-state index is 12.8. The van der Waals surface area contributed by atoms with Crippen LogP contribution in [0.1, 0.15) is 59.2 Å². The fraction of sp³-hybridized carbons (Fsp3) is 0.414. The molecule has 0 unspecified atom stereocenters. The van der Waals surface area contributed by atoms with E-state index in [2.05, 4.69) is 21.3 Å². The van der Waals surface area contributed by atoms with Crippen molar-refractivity contribution in [2.24, 2.45) is 0 Å². The Kier molecular flexibility index (Phi) is 8.59. The molecule has 1 saturated carbocycles. The second-order valence-electron chi connectivity index (χ2n) is 9.78. The van der Waals surface area contributed by atoms with Gasteiger partial charge in [0.1, 0.15) is 11.0 Å². The van der Waals surface area contributed by atoms with E-state index in [1.165, 1.54) is 42.2 Å². The minimum Gasteiger partial charge on any atom is -0.493 e. The van der Waals surface area contributed by atoms with Gasteiger partial charge in [-0.2, -0.15) is 0 Å². The molecule has 1 aliphatic carbocycles. The molecule has 0 radical (unpaired) electrons. The third-order valence-corrected chi connectivity index (χ3v) is 8.31. The van der Waals surface area contributed by atoms with E-state index >= 15 is 0 Å². The lowest BCUT2D eigenvalue weighted by atomic mass is 9.95. The van der Waals surface area contributed by atoms with Crippen molar-refractivity contribution in [1.29, 1.82) is 0 Å². The molecule has 3 aromatic rings. The molecule has 1 fully saturated rings. The van der Waals surface area contributed by atoms with Crippen molar-refractivity contribution in [3.05, 3.63) is 69.9 Å². The van der Waals surface area contributed by atoms with Crippen LogP contribution in [0, 0.1) is 0 Å². The Bertz CT molecular complexity index is 1300. The van der Waals surface area contributed by atoms with Crippen LogP contribution in [0.2, 0.25) is 5.15 Å². The number of rotatable bonds is 8. The van der Waals surface area contributed by atoms with Gasteiger partial charge in [-0.25, -0.2) is 9.97 Å². The zero-order chi connectivity index (χ0) is 26.5. The Morgan fingerprint density at radius 3 is 2.58 bits per heavy atom. The average molecular weight is 553 g/mol. The highest BCUT2D eigenvalue weighted by Gasteiger charge is 2.22. The first-order valence-corrected chi connectivity index (χ1v) is 14.4. The quantitative estimate of drug-likeness (QED) is 0.207. The lowest BCUT2D eigenvalue weighted by Crippen LogP contribution is -2.36. The summed E-state index contributed by atoms with van der Waals surface area (Å²) in [4.78, 5) is 24.3. The van der Waals surface area contributed by atoms with Crippen LogP contribution in [0.5, 0.6) is 11.5 Å². The minimum atomic E-state index is 0.00433. The molecule has 0 atom stereocenters. The monoisotopic (exact) mass is 552 g/mol. The summed E-state index contributed by atoms with van der Waals surface area (Å²) in [5, 5.41) is 4.23. The second-order valence-corrected chi connectivity index (χ2v) is 11.1. The van der Waals surface area contributed by atoms with Crippen LogP contribution < -0.4 is 19.7 Å². The first kappa shape index (κ1) is 26.6. The van der Waals surface area contributed by atoms with Gasteiger partial charge >= 0.3 is 0 Å². The van der Waals surface area contributed by atoms with Gasteiger partial charge in [0.15, 0.2) is 16.7 Å². The number of amides is 1. The Morgan fingerprint density at radius 2 is 1.82 bits per heavy atom. The van der Waals surface area contributed by atoms with Gasteiger partial charge in [-0.05, 0) is 60.2 Å². The van der Waals surface area contributed by atoms with Gasteiger partial charge in [-0.1, -0.05) is 54.8 Å². The number of anilines is 1. The van der Waals surface area contributed by atoms with E-state index in [0.717, 1.165) is 48.7 Å². The van der Waals surface area contributed by atoms with Crippen molar-refractivity contribution < 1.29 is 14.3 Å². The molecule has 200 valence electrons. The SMILES string of the molecule is COc1cc2c(cc1OC)CN(c1cc(Cl)nc(SCc3cccc(C(=O)NC4CCCCC4)c3)n1)CC2. The number of nitrogens with one attached hydrogen (secondary N) is 1. The second kappa shape index (κ2) is 12.3. The smallest absolute Gasteiger partial charge is 0.251 e. The summed E-state index contributed by atoms with van der Waals surface area (Å²) >= 11 is 7.93. The molecule has 0 saturated heterocycles.